The number of hydrogen-bond donors (Lipinski definition) is 1. The van der Waals surface area contributed by atoms with E-state index < -0.39 is 0 Å². The van der Waals surface area contributed by atoms with Crippen LogP contribution in [-0.4, -0.2) is 12.6 Å². The van der Waals surface area contributed by atoms with Gasteiger partial charge in [-0.3, -0.25) is 0 Å². The third kappa shape index (κ3) is 1.98. The molecule has 1 aliphatic carbocycles. The first kappa shape index (κ1) is 11.9. The van der Waals surface area contributed by atoms with Crippen molar-refractivity contribution in [2.75, 3.05) is 17.2 Å². The molecule has 0 aromatic heterocycles. The molecular formula is C16H24N2. The van der Waals surface area contributed by atoms with Gasteiger partial charge < -0.3 is 10.6 Å². The summed E-state index contributed by atoms with van der Waals surface area (Å²) in [6.07, 6.45) is 8.05. The molecule has 0 atom stereocenters. The van der Waals surface area contributed by atoms with Gasteiger partial charge in [0.25, 0.3) is 0 Å². The summed E-state index contributed by atoms with van der Waals surface area (Å²) in [5.74, 6) is 0.976. The van der Waals surface area contributed by atoms with E-state index in [1.807, 2.05) is 6.07 Å². The van der Waals surface area contributed by atoms with Crippen LogP contribution in [0.2, 0.25) is 0 Å². The quantitative estimate of drug-likeness (QED) is 0.805. The standard InChI is InChI=1S/C16H24N2/c1-2-12-6-8-13(9-7-12)18-11-10-14-15(17)4-3-5-16(14)18/h3-5,12-13H,2,6-11,17H2,1H3. The molecule has 0 saturated heterocycles. The zero-order chi connectivity index (χ0) is 12.5. The fourth-order valence-electron chi connectivity index (χ4n) is 3.73. The smallest absolute Gasteiger partial charge is 0.0422 e. The highest BCUT2D eigenvalue weighted by molar-refractivity contribution is 5.68. The maximum Gasteiger partial charge on any atom is 0.0422 e. The van der Waals surface area contributed by atoms with Crippen molar-refractivity contribution in [3.8, 4) is 0 Å². The lowest BCUT2D eigenvalue weighted by atomic mass is 9.84. The minimum atomic E-state index is 0.760. The summed E-state index contributed by atoms with van der Waals surface area (Å²) in [5, 5.41) is 0. The van der Waals surface area contributed by atoms with Gasteiger partial charge in [-0.15, -0.1) is 0 Å². The number of hydrogen-bond acceptors (Lipinski definition) is 2. The highest BCUT2D eigenvalue weighted by atomic mass is 15.2. The molecular weight excluding hydrogens is 220 g/mol. The molecule has 0 unspecified atom stereocenters. The van der Waals surface area contributed by atoms with Gasteiger partial charge in [-0.25, -0.2) is 0 Å². The number of rotatable bonds is 2. The van der Waals surface area contributed by atoms with Gasteiger partial charge in [0, 0.05) is 29.5 Å². The monoisotopic (exact) mass is 244 g/mol. The number of anilines is 2. The summed E-state index contributed by atoms with van der Waals surface area (Å²) in [6.45, 7) is 3.50. The molecule has 2 nitrogen and oxygen atoms in total. The first-order valence-electron chi connectivity index (χ1n) is 7.43. The molecule has 0 radical (unpaired) electrons. The number of nitrogens with zero attached hydrogens (tertiary/aromatic N) is 1. The van der Waals surface area contributed by atoms with Crippen LogP contribution < -0.4 is 10.6 Å². The van der Waals surface area contributed by atoms with Crippen molar-refractivity contribution < 1.29 is 0 Å². The second kappa shape index (κ2) is 4.83. The largest absolute Gasteiger partial charge is 0.398 e. The molecule has 98 valence electrons. The molecule has 1 heterocycles. The molecule has 3 rings (SSSR count). The lowest BCUT2D eigenvalue weighted by Crippen LogP contribution is -2.36. The summed E-state index contributed by atoms with van der Waals surface area (Å²) in [4.78, 5) is 2.62. The van der Waals surface area contributed by atoms with Crippen LogP contribution in [0.3, 0.4) is 0 Å². The Balaban J connectivity index is 1.75. The Labute approximate surface area is 110 Å². The molecule has 0 spiro atoms. The van der Waals surface area contributed by atoms with Crippen molar-refractivity contribution in [1.29, 1.82) is 0 Å². The Morgan fingerprint density at radius 1 is 1.22 bits per heavy atom. The minimum Gasteiger partial charge on any atom is -0.398 e. The van der Waals surface area contributed by atoms with Gasteiger partial charge in [-0.1, -0.05) is 19.4 Å². The van der Waals surface area contributed by atoms with E-state index in [0.717, 1.165) is 24.1 Å². The van der Waals surface area contributed by atoms with Crippen LogP contribution in [0, 0.1) is 5.92 Å². The Kier molecular flexibility index (Phi) is 3.19. The highest BCUT2D eigenvalue weighted by Gasteiger charge is 2.30. The highest BCUT2D eigenvalue weighted by Crippen LogP contribution is 2.38. The van der Waals surface area contributed by atoms with Crippen molar-refractivity contribution in [3.63, 3.8) is 0 Å². The zero-order valence-corrected chi connectivity index (χ0v) is 11.4. The van der Waals surface area contributed by atoms with E-state index in [2.05, 4.69) is 24.0 Å². The van der Waals surface area contributed by atoms with Gasteiger partial charge in [0.2, 0.25) is 0 Å². The van der Waals surface area contributed by atoms with E-state index in [1.165, 1.54) is 49.9 Å². The van der Waals surface area contributed by atoms with Crippen LogP contribution in [0.4, 0.5) is 11.4 Å². The van der Waals surface area contributed by atoms with Crippen LogP contribution in [0.1, 0.15) is 44.6 Å². The Hall–Kier alpha value is -1.18. The van der Waals surface area contributed by atoms with Gasteiger partial charge in [-0.05, 0) is 50.2 Å². The molecule has 1 aliphatic heterocycles. The summed E-state index contributed by atoms with van der Waals surface area (Å²) in [7, 11) is 0. The zero-order valence-electron chi connectivity index (χ0n) is 11.4. The first-order chi connectivity index (χ1) is 8.79. The molecule has 1 fully saturated rings. The van der Waals surface area contributed by atoms with E-state index in [1.54, 1.807) is 0 Å². The predicted octanol–water partition coefficient (Wildman–Crippen LogP) is 3.60. The third-order valence-corrected chi connectivity index (χ3v) is 4.93. The lowest BCUT2D eigenvalue weighted by molar-refractivity contribution is 0.310. The maximum absolute atomic E-state index is 6.08. The number of nitrogens with two attached hydrogens (primary N) is 1. The average molecular weight is 244 g/mol. The molecule has 0 bridgehead atoms. The second-order valence-corrected chi connectivity index (χ2v) is 5.87. The fourth-order valence-corrected chi connectivity index (χ4v) is 3.73. The average Bonchev–Trinajstić information content (AvgIpc) is 2.84. The predicted molar refractivity (Wildman–Crippen MR) is 77.9 cm³/mol. The molecule has 2 heteroatoms. The van der Waals surface area contributed by atoms with Crippen molar-refractivity contribution in [1.82, 2.24) is 0 Å². The van der Waals surface area contributed by atoms with Gasteiger partial charge in [0.05, 0.1) is 0 Å². The number of benzene rings is 1. The van der Waals surface area contributed by atoms with Gasteiger partial charge in [-0.2, -0.15) is 0 Å². The Morgan fingerprint density at radius 2 is 2.00 bits per heavy atom. The van der Waals surface area contributed by atoms with Crippen molar-refractivity contribution in [2.45, 2.75) is 51.5 Å². The van der Waals surface area contributed by atoms with E-state index in [0.29, 0.717) is 0 Å². The summed E-state index contributed by atoms with van der Waals surface area (Å²) in [6, 6.07) is 7.15. The summed E-state index contributed by atoms with van der Waals surface area (Å²) >= 11 is 0. The molecule has 0 amide bonds. The van der Waals surface area contributed by atoms with Gasteiger partial charge in [0.15, 0.2) is 0 Å². The van der Waals surface area contributed by atoms with Crippen molar-refractivity contribution in [3.05, 3.63) is 23.8 Å². The van der Waals surface area contributed by atoms with Crippen LogP contribution >= 0.6 is 0 Å². The SMILES string of the molecule is CCC1CCC(N2CCc3c(N)cccc32)CC1. The summed E-state index contributed by atoms with van der Waals surface area (Å²) in [5.41, 5.74) is 9.86. The number of nitrogen functional groups attached to an aromatic ring is 1. The normalized spacial score (nSPS) is 27.3. The Morgan fingerprint density at radius 3 is 2.72 bits per heavy atom. The minimum absolute atomic E-state index is 0.760. The molecule has 1 aromatic rings. The topological polar surface area (TPSA) is 29.3 Å². The van der Waals surface area contributed by atoms with Crippen LogP contribution in [0.15, 0.2) is 18.2 Å². The maximum atomic E-state index is 6.08. The first-order valence-corrected chi connectivity index (χ1v) is 7.43. The molecule has 18 heavy (non-hydrogen) atoms. The van der Waals surface area contributed by atoms with Gasteiger partial charge in [0.1, 0.15) is 0 Å². The third-order valence-electron chi connectivity index (χ3n) is 4.93. The molecule has 2 N–H and O–H groups in total. The van der Waals surface area contributed by atoms with Crippen molar-refractivity contribution >= 4 is 11.4 Å². The van der Waals surface area contributed by atoms with E-state index in [9.17, 15) is 0 Å². The van der Waals surface area contributed by atoms with Crippen molar-refractivity contribution in [2.24, 2.45) is 5.92 Å². The van der Waals surface area contributed by atoms with E-state index in [-0.39, 0.29) is 0 Å². The Bertz CT molecular complexity index is 419. The van der Waals surface area contributed by atoms with Crippen LogP contribution in [-0.2, 0) is 6.42 Å². The molecule has 1 aromatic carbocycles. The molecule has 2 aliphatic rings. The fraction of sp³-hybridized carbons (Fsp3) is 0.625. The summed E-state index contributed by atoms with van der Waals surface area (Å²) < 4.78 is 0. The van der Waals surface area contributed by atoms with E-state index >= 15 is 0 Å². The molecule has 1 saturated carbocycles. The van der Waals surface area contributed by atoms with Crippen LogP contribution in [0.25, 0.3) is 0 Å². The second-order valence-electron chi connectivity index (χ2n) is 5.87. The van der Waals surface area contributed by atoms with E-state index in [4.69, 9.17) is 5.73 Å². The van der Waals surface area contributed by atoms with Crippen LogP contribution in [0.5, 0.6) is 0 Å². The number of fused-ring (bicyclic) bond motifs is 1. The van der Waals surface area contributed by atoms with Gasteiger partial charge >= 0.3 is 0 Å². The lowest BCUT2D eigenvalue weighted by Gasteiger charge is -2.36.